The van der Waals surface area contributed by atoms with Gasteiger partial charge in [0.25, 0.3) is 0 Å². The summed E-state index contributed by atoms with van der Waals surface area (Å²) in [6, 6.07) is 11.8. The second kappa shape index (κ2) is 9.05. The Morgan fingerprint density at radius 1 is 1.04 bits per heavy atom. The average molecular weight is 366 g/mol. The largest absolute Gasteiger partial charge is 0.383 e. The second-order valence-corrected chi connectivity index (χ2v) is 7.49. The molecule has 136 valence electrons. The van der Waals surface area contributed by atoms with Crippen LogP contribution in [0.15, 0.2) is 47.4 Å². The van der Waals surface area contributed by atoms with Gasteiger partial charge in [-0.15, -0.1) is 0 Å². The van der Waals surface area contributed by atoms with Gasteiger partial charge in [-0.1, -0.05) is 24.3 Å². The molecule has 5 nitrogen and oxygen atoms in total. The van der Waals surface area contributed by atoms with E-state index in [2.05, 4.69) is 10.0 Å². The number of halogens is 1. The van der Waals surface area contributed by atoms with Gasteiger partial charge in [-0.25, -0.2) is 17.5 Å². The second-order valence-electron chi connectivity index (χ2n) is 5.72. The molecule has 0 atom stereocenters. The summed E-state index contributed by atoms with van der Waals surface area (Å²) >= 11 is 0. The quantitative estimate of drug-likeness (QED) is 0.669. The topological polar surface area (TPSA) is 67.4 Å². The highest BCUT2D eigenvalue weighted by Crippen LogP contribution is 2.12. The molecule has 0 unspecified atom stereocenters. The van der Waals surface area contributed by atoms with Crippen molar-refractivity contribution in [1.29, 1.82) is 0 Å². The molecule has 0 fully saturated rings. The SMILES string of the molecule is COCCNS(=O)(=O)c1ccc(CNCc2ccc(C)c(F)c2)cc1. The van der Waals surface area contributed by atoms with Crippen LogP contribution in [0.3, 0.4) is 0 Å². The fourth-order valence-corrected chi connectivity index (χ4v) is 3.26. The Balaban J connectivity index is 1.88. The summed E-state index contributed by atoms with van der Waals surface area (Å²) in [5, 5.41) is 3.22. The molecule has 0 spiro atoms. The van der Waals surface area contributed by atoms with Crippen LogP contribution >= 0.6 is 0 Å². The molecule has 0 heterocycles. The van der Waals surface area contributed by atoms with Crippen molar-refractivity contribution < 1.29 is 17.5 Å². The number of nitrogens with one attached hydrogen (secondary N) is 2. The minimum Gasteiger partial charge on any atom is -0.383 e. The molecular weight excluding hydrogens is 343 g/mol. The van der Waals surface area contributed by atoms with E-state index < -0.39 is 10.0 Å². The lowest BCUT2D eigenvalue weighted by Crippen LogP contribution is -2.27. The molecule has 7 heteroatoms. The molecule has 0 radical (unpaired) electrons. The molecule has 0 aromatic heterocycles. The van der Waals surface area contributed by atoms with Crippen LogP contribution in [0.1, 0.15) is 16.7 Å². The van der Waals surface area contributed by atoms with Gasteiger partial charge in [0.1, 0.15) is 5.82 Å². The maximum atomic E-state index is 13.5. The molecule has 2 aromatic carbocycles. The number of benzene rings is 2. The van der Waals surface area contributed by atoms with E-state index in [0.717, 1.165) is 11.1 Å². The van der Waals surface area contributed by atoms with Gasteiger partial charge in [0.05, 0.1) is 11.5 Å². The molecule has 25 heavy (non-hydrogen) atoms. The van der Waals surface area contributed by atoms with Gasteiger partial charge in [-0.05, 0) is 41.8 Å². The van der Waals surface area contributed by atoms with Crippen molar-refractivity contribution >= 4 is 10.0 Å². The van der Waals surface area contributed by atoms with Crippen LogP contribution in [0.25, 0.3) is 0 Å². The summed E-state index contributed by atoms with van der Waals surface area (Å²) in [4.78, 5) is 0.216. The first kappa shape index (κ1) is 19.5. The van der Waals surface area contributed by atoms with Crippen LogP contribution in [0.5, 0.6) is 0 Å². The fourth-order valence-electron chi connectivity index (χ4n) is 2.25. The Bertz CT molecular complexity index is 792. The summed E-state index contributed by atoms with van der Waals surface area (Å²) in [5.74, 6) is -0.213. The molecular formula is C18H23FN2O3S. The van der Waals surface area contributed by atoms with E-state index in [1.54, 1.807) is 37.3 Å². The van der Waals surface area contributed by atoms with Gasteiger partial charge in [-0.3, -0.25) is 0 Å². The molecule has 2 N–H and O–H groups in total. The predicted octanol–water partition coefficient (Wildman–Crippen LogP) is 2.35. The Morgan fingerprint density at radius 2 is 1.68 bits per heavy atom. The van der Waals surface area contributed by atoms with Gasteiger partial charge in [-0.2, -0.15) is 0 Å². The van der Waals surface area contributed by atoms with Crippen LogP contribution in [0.2, 0.25) is 0 Å². The van der Waals surface area contributed by atoms with Crippen LogP contribution in [-0.4, -0.2) is 28.7 Å². The summed E-state index contributed by atoms with van der Waals surface area (Å²) < 4.78 is 44.9. The first-order valence-corrected chi connectivity index (χ1v) is 9.44. The monoisotopic (exact) mass is 366 g/mol. The van der Waals surface area contributed by atoms with E-state index >= 15 is 0 Å². The van der Waals surface area contributed by atoms with Crippen molar-refractivity contribution in [3.05, 3.63) is 65.0 Å². The number of methoxy groups -OCH3 is 1. The number of ether oxygens (including phenoxy) is 1. The molecule has 0 amide bonds. The number of sulfonamides is 1. The van der Waals surface area contributed by atoms with Crippen molar-refractivity contribution in [2.75, 3.05) is 20.3 Å². The smallest absolute Gasteiger partial charge is 0.240 e. The van der Waals surface area contributed by atoms with E-state index in [4.69, 9.17) is 4.74 Å². The predicted molar refractivity (Wildman–Crippen MR) is 95.2 cm³/mol. The summed E-state index contributed by atoms with van der Waals surface area (Å²) in [6.07, 6.45) is 0. The van der Waals surface area contributed by atoms with Crippen LogP contribution < -0.4 is 10.0 Å². The van der Waals surface area contributed by atoms with Gasteiger partial charge in [0.2, 0.25) is 10.0 Å². The molecule has 0 aliphatic carbocycles. The highest BCUT2D eigenvalue weighted by molar-refractivity contribution is 7.89. The first-order valence-electron chi connectivity index (χ1n) is 7.95. The van der Waals surface area contributed by atoms with Crippen LogP contribution in [0.4, 0.5) is 4.39 Å². The van der Waals surface area contributed by atoms with Crippen molar-refractivity contribution in [1.82, 2.24) is 10.0 Å². The third kappa shape index (κ3) is 5.89. The van der Waals surface area contributed by atoms with Crippen molar-refractivity contribution in [3.8, 4) is 0 Å². The van der Waals surface area contributed by atoms with Gasteiger partial charge < -0.3 is 10.1 Å². The molecule has 2 aromatic rings. The number of aryl methyl sites for hydroxylation is 1. The number of hydrogen-bond donors (Lipinski definition) is 2. The van der Waals surface area contributed by atoms with Crippen molar-refractivity contribution in [3.63, 3.8) is 0 Å². The number of hydrogen-bond acceptors (Lipinski definition) is 4. The fraction of sp³-hybridized carbons (Fsp3) is 0.333. The van der Waals surface area contributed by atoms with Crippen LogP contribution in [-0.2, 0) is 27.8 Å². The van der Waals surface area contributed by atoms with Gasteiger partial charge >= 0.3 is 0 Å². The Hall–Kier alpha value is -1.80. The van der Waals surface area contributed by atoms with E-state index in [9.17, 15) is 12.8 Å². The zero-order chi connectivity index (χ0) is 18.3. The van der Waals surface area contributed by atoms with Crippen molar-refractivity contribution in [2.24, 2.45) is 0 Å². The summed E-state index contributed by atoms with van der Waals surface area (Å²) in [7, 11) is -2.00. The molecule has 2 rings (SSSR count). The molecule has 0 bridgehead atoms. The maximum absolute atomic E-state index is 13.5. The van der Waals surface area contributed by atoms with Crippen molar-refractivity contribution in [2.45, 2.75) is 24.9 Å². The molecule has 0 saturated carbocycles. The lowest BCUT2D eigenvalue weighted by atomic mass is 10.1. The Morgan fingerprint density at radius 3 is 2.32 bits per heavy atom. The number of rotatable bonds is 9. The third-order valence-electron chi connectivity index (χ3n) is 3.73. The van der Waals surface area contributed by atoms with E-state index in [0.29, 0.717) is 25.3 Å². The summed E-state index contributed by atoms with van der Waals surface area (Å²) in [6.45, 7) is 3.38. The zero-order valence-electron chi connectivity index (χ0n) is 14.4. The molecule has 0 aliphatic heterocycles. The van der Waals surface area contributed by atoms with Gasteiger partial charge in [0.15, 0.2) is 0 Å². The standard InChI is InChI=1S/C18H23FN2O3S/c1-14-3-4-16(11-18(14)19)13-20-12-15-5-7-17(8-6-15)25(22,23)21-9-10-24-2/h3-8,11,20-21H,9-10,12-13H2,1-2H3. The minimum absolute atomic E-state index is 0.213. The highest BCUT2D eigenvalue weighted by atomic mass is 32.2. The molecule has 0 aliphatic rings. The maximum Gasteiger partial charge on any atom is 0.240 e. The Kier molecular flexibility index (Phi) is 7.07. The Labute approximate surface area is 148 Å². The zero-order valence-corrected chi connectivity index (χ0v) is 15.2. The summed E-state index contributed by atoms with van der Waals surface area (Å²) in [5.41, 5.74) is 2.44. The van der Waals surface area contributed by atoms with E-state index in [1.807, 2.05) is 6.07 Å². The normalized spacial score (nSPS) is 11.6. The lowest BCUT2D eigenvalue weighted by Gasteiger charge is -2.09. The van der Waals surface area contributed by atoms with Gasteiger partial charge in [0, 0.05) is 26.7 Å². The lowest BCUT2D eigenvalue weighted by molar-refractivity contribution is 0.204. The highest BCUT2D eigenvalue weighted by Gasteiger charge is 2.12. The van der Waals surface area contributed by atoms with E-state index in [1.165, 1.54) is 13.2 Å². The first-order chi connectivity index (χ1) is 11.9. The average Bonchev–Trinajstić information content (AvgIpc) is 2.59. The van der Waals surface area contributed by atoms with E-state index in [-0.39, 0.29) is 17.3 Å². The third-order valence-corrected chi connectivity index (χ3v) is 5.20. The van der Waals surface area contributed by atoms with Crippen LogP contribution in [0, 0.1) is 12.7 Å². The minimum atomic E-state index is -3.51. The molecule has 0 saturated heterocycles.